The average molecular weight is 314 g/mol. The number of hydrogen-bond donors (Lipinski definition) is 1. The maximum absolute atomic E-state index is 11.1. The largest absolute Gasteiger partial charge is 0.502 e. The van der Waals surface area contributed by atoms with Crippen molar-refractivity contribution in [2.24, 2.45) is 0 Å². The average Bonchev–Trinajstić information content (AvgIpc) is 2.87. The van der Waals surface area contributed by atoms with Crippen LogP contribution in [0, 0.1) is 10.1 Å². The Kier molecular flexibility index (Phi) is 2.55. The monoisotopic (exact) mass is 313 g/mol. The van der Waals surface area contributed by atoms with Crippen LogP contribution < -0.4 is 0 Å². The summed E-state index contributed by atoms with van der Waals surface area (Å²) in [4.78, 5) is 10.5. The highest BCUT2D eigenvalue weighted by Crippen LogP contribution is 2.44. The van der Waals surface area contributed by atoms with Gasteiger partial charge in [0, 0.05) is 22.2 Å². The normalized spacial score (nSPS) is 11.5. The molecule has 0 aliphatic carbocycles. The molecule has 1 aromatic heterocycles. The summed E-state index contributed by atoms with van der Waals surface area (Å²) in [5, 5.41) is 24.1. The molecule has 0 amide bonds. The molecule has 1 heterocycles. The van der Waals surface area contributed by atoms with E-state index < -0.39 is 4.92 Å². The van der Waals surface area contributed by atoms with Crippen LogP contribution in [0.15, 0.2) is 46.9 Å². The van der Waals surface area contributed by atoms with E-state index in [1.165, 1.54) is 6.07 Å². The summed E-state index contributed by atoms with van der Waals surface area (Å²) in [5.41, 5.74) is 0.672. The van der Waals surface area contributed by atoms with Crippen LogP contribution in [0.3, 0.4) is 0 Å². The molecule has 0 saturated heterocycles. The number of aromatic hydroxyl groups is 1. The second-order valence-corrected chi connectivity index (χ2v) is 5.36. The maximum Gasteiger partial charge on any atom is 0.311 e. The minimum absolute atomic E-state index is 0.346. The molecule has 5 nitrogen and oxygen atoms in total. The highest BCUT2D eigenvalue weighted by Gasteiger charge is 2.22. The summed E-state index contributed by atoms with van der Waals surface area (Å²) in [6.45, 7) is 0. The molecule has 4 aromatic rings. The number of phenolic OH excluding ortho intramolecular Hbond substituents is 1. The van der Waals surface area contributed by atoms with Gasteiger partial charge in [-0.05, 0) is 23.6 Å². The fourth-order valence-electron chi connectivity index (χ4n) is 2.79. The SMILES string of the molecule is O=[N+]([O-])c1ccc2cc(Cl)c3oc4ccccc4c3c2c1O. The number of rotatable bonds is 1. The number of halogens is 1. The van der Waals surface area contributed by atoms with E-state index in [4.69, 9.17) is 16.0 Å². The highest BCUT2D eigenvalue weighted by atomic mass is 35.5. The summed E-state index contributed by atoms with van der Waals surface area (Å²) in [5.74, 6) is -0.379. The minimum Gasteiger partial charge on any atom is -0.502 e. The Labute approximate surface area is 128 Å². The fourth-order valence-corrected chi connectivity index (χ4v) is 3.04. The topological polar surface area (TPSA) is 76.5 Å². The van der Waals surface area contributed by atoms with Crippen molar-refractivity contribution in [2.75, 3.05) is 0 Å². The van der Waals surface area contributed by atoms with Gasteiger partial charge in [-0.3, -0.25) is 10.1 Å². The van der Waals surface area contributed by atoms with Crippen molar-refractivity contribution in [3.8, 4) is 5.75 Å². The molecule has 0 aliphatic heterocycles. The lowest BCUT2D eigenvalue weighted by atomic mass is 10.0. The van der Waals surface area contributed by atoms with E-state index in [0.717, 1.165) is 5.39 Å². The molecule has 0 aliphatic rings. The zero-order valence-corrected chi connectivity index (χ0v) is 11.8. The Morgan fingerprint density at radius 3 is 2.68 bits per heavy atom. The van der Waals surface area contributed by atoms with Gasteiger partial charge in [0.15, 0.2) is 5.58 Å². The lowest BCUT2D eigenvalue weighted by Crippen LogP contribution is -1.89. The van der Waals surface area contributed by atoms with Gasteiger partial charge in [0.05, 0.1) is 9.95 Å². The zero-order valence-electron chi connectivity index (χ0n) is 11.0. The van der Waals surface area contributed by atoms with Crippen LogP contribution in [0.4, 0.5) is 5.69 Å². The Hall–Kier alpha value is -2.79. The molecule has 0 unspecified atom stereocenters. The minimum atomic E-state index is -0.614. The molecule has 0 radical (unpaired) electrons. The van der Waals surface area contributed by atoms with E-state index in [-0.39, 0.29) is 11.4 Å². The summed E-state index contributed by atoms with van der Waals surface area (Å²) >= 11 is 6.25. The van der Waals surface area contributed by atoms with Crippen LogP contribution in [0.1, 0.15) is 0 Å². The molecule has 3 aromatic carbocycles. The quantitative estimate of drug-likeness (QED) is 0.396. The molecule has 0 atom stereocenters. The van der Waals surface area contributed by atoms with Crippen LogP contribution in [0.5, 0.6) is 5.75 Å². The fraction of sp³-hybridized carbons (Fsp3) is 0. The van der Waals surface area contributed by atoms with Crippen molar-refractivity contribution >= 4 is 50.0 Å². The third kappa shape index (κ3) is 1.60. The first-order chi connectivity index (χ1) is 10.6. The van der Waals surface area contributed by atoms with Gasteiger partial charge in [-0.15, -0.1) is 0 Å². The van der Waals surface area contributed by atoms with Crippen LogP contribution in [0.2, 0.25) is 5.02 Å². The predicted molar refractivity (Wildman–Crippen MR) is 84.6 cm³/mol. The Morgan fingerprint density at radius 1 is 1.14 bits per heavy atom. The first-order valence-electron chi connectivity index (χ1n) is 6.47. The van der Waals surface area contributed by atoms with E-state index in [0.29, 0.717) is 32.3 Å². The summed E-state index contributed by atoms with van der Waals surface area (Å²) in [7, 11) is 0. The van der Waals surface area contributed by atoms with E-state index >= 15 is 0 Å². The van der Waals surface area contributed by atoms with Gasteiger partial charge in [-0.2, -0.15) is 0 Å². The van der Waals surface area contributed by atoms with Gasteiger partial charge >= 0.3 is 5.69 Å². The first-order valence-corrected chi connectivity index (χ1v) is 6.85. The van der Waals surface area contributed by atoms with Crippen molar-refractivity contribution in [2.45, 2.75) is 0 Å². The second kappa shape index (κ2) is 4.35. The van der Waals surface area contributed by atoms with Gasteiger partial charge in [0.25, 0.3) is 0 Å². The van der Waals surface area contributed by atoms with Crippen LogP contribution >= 0.6 is 11.6 Å². The molecule has 0 saturated carbocycles. The number of furan rings is 1. The lowest BCUT2D eigenvalue weighted by Gasteiger charge is -2.05. The summed E-state index contributed by atoms with van der Waals surface area (Å²) in [6, 6.07) is 11.7. The molecular weight excluding hydrogens is 306 g/mol. The Bertz CT molecular complexity index is 1080. The molecule has 4 rings (SSSR count). The third-order valence-corrected chi connectivity index (χ3v) is 4.01. The number of hydrogen-bond acceptors (Lipinski definition) is 4. The van der Waals surface area contributed by atoms with E-state index in [1.807, 2.05) is 18.2 Å². The van der Waals surface area contributed by atoms with Crippen molar-refractivity contribution in [3.05, 3.63) is 57.6 Å². The number of phenols is 1. The highest BCUT2D eigenvalue weighted by molar-refractivity contribution is 6.39. The number of para-hydroxylation sites is 1. The summed E-state index contributed by atoms with van der Waals surface area (Å²) < 4.78 is 5.73. The van der Waals surface area contributed by atoms with Crippen molar-refractivity contribution < 1.29 is 14.4 Å². The first kappa shape index (κ1) is 12.9. The number of nitrogens with zero attached hydrogens (tertiary/aromatic N) is 1. The van der Waals surface area contributed by atoms with Gasteiger partial charge in [-0.1, -0.05) is 29.8 Å². The molecule has 0 bridgehead atoms. The lowest BCUT2D eigenvalue weighted by molar-refractivity contribution is -0.385. The second-order valence-electron chi connectivity index (χ2n) is 4.95. The smallest absolute Gasteiger partial charge is 0.311 e. The van der Waals surface area contributed by atoms with E-state index in [1.54, 1.807) is 18.2 Å². The Morgan fingerprint density at radius 2 is 1.91 bits per heavy atom. The third-order valence-electron chi connectivity index (χ3n) is 3.73. The molecule has 6 heteroatoms. The number of nitro benzene ring substituents is 1. The number of fused-ring (bicyclic) bond motifs is 5. The molecule has 108 valence electrons. The molecular formula is C16H8ClNO4. The molecule has 22 heavy (non-hydrogen) atoms. The van der Waals surface area contributed by atoms with Gasteiger partial charge in [-0.25, -0.2) is 0 Å². The zero-order chi connectivity index (χ0) is 15.4. The molecule has 1 N–H and O–H groups in total. The van der Waals surface area contributed by atoms with Gasteiger partial charge in [0.2, 0.25) is 5.75 Å². The standard InChI is InChI=1S/C16H8ClNO4/c17-10-7-8-5-6-11(18(20)21)15(19)13(8)14-9-3-1-2-4-12(9)22-16(10)14/h1-7,19H. The maximum atomic E-state index is 11.1. The summed E-state index contributed by atoms with van der Waals surface area (Å²) in [6.07, 6.45) is 0. The van der Waals surface area contributed by atoms with Crippen molar-refractivity contribution in [1.29, 1.82) is 0 Å². The van der Waals surface area contributed by atoms with Crippen LogP contribution in [0.25, 0.3) is 32.7 Å². The van der Waals surface area contributed by atoms with Crippen LogP contribution in [-0.2, 0) is 0 Å². The number of benzene rings is 3. The van der Waals surface area contributed by atoms with E-state index in [9.17, 15) is 15.2 Å². The van der Waals surface area contributed by atoms with E-state index in [2.05, 4.69) is 0 Å². The number of nitro groups is 1. The van der Waals surface area contributed by atoms with Crippen LogP contribution in [-0.4, -0.2) is 10.0 Å². The van der Waals surface area contributed by atoms with Crippen molar-refractivity contribution in [1.82, 2.24) is 0 Å². The Balaban J connectivity index is 2.35. The molecule has 0 fully saturated rings. The predicted octanol–water partition coefficient (Wildman–Crippen LogP) is 5.01. The van der Waals surface area contributed by atoms with Crippen molar-refractivity contribution in [3.63, 3.8) is 0 Å². The van der Waals surface area contributed by atoms with Gasteiger partial charge < -0.3 is 9.52 Å². The molecule has 0 spiro atoms. The van der Waals surface area contributed by atoms with Gasteiger partial charge in [0.1, 0.15) is 5.58 Å².